The minimum atomic E-state index is -0.0975. The first kappa shape index (κ1) is 13.1. The highest BCUT2D eigenvalue weighted by molar-refractivity contribution is 5.92. The molecule has 0 unspecified atom stereocenters. The SMILES string of the molecule is C[C@@H](CNC(=O)c1cn2ccccc2n1)N1CCCC1. The van der Waals surface area contributed by atoms with Crippen LogP contribution in [0, 0.1) is 0 Å². The molecule has 1 aliphatic heterocycles. The van der Waals surface area contributed by atoms with E-state index < -0.39 is 0 Å². The maximum absolute atomic E-state index is 12.1. The van der Waals surface area contributed by atoms with Gasteiger partial charge in [0.2, 0.25) is 0 Å². The second kappa shape index (κ2) is 5.63. The molecule has 1 fully saturated rings. The fourth-order valence-electron chi connectivity index (χ4n) is 2.69. The lowest BCUT2D eigenvalue weighted by Crippen LogP contribution is -2.40. The number of likely N-dealkylation sites (tertiary alicyclic amines) is 1. The van der Waals surface area contributed by atoms with Crippen molar-refractivity contribution in [3.8, 4) is 0 Å². The van der Waals surface area contributed by atoms with Crippen LogP contribution in [0.25, 0.3) is 5.65 Å². The van der Waals surface area contributed by atoms with Crippen molar-refractivity contribution < 1.29 is 4.79 Å². The molecule has 20 heavy (non-hydrogen) atoms. The molecule has 106 valence electrons. The number of hydrogen-bond donors (Lipinski definition) is 1. The van der Waals surface area contributed by atoms with Crippen LogP contribution in [0.15, 0.2) is 30.6 Å². The van der Waals surface area contributed by atoms with Crippen molar-refractivity contribution in [1.29, 1.82) is 0 Å². The Hall–Kier alpha value is -1.88. The summed E-state index contributed by atoms with van der Waals surface area (Å²) in [5.74, 6) is -0.0975. The van der Waals surface area contributed by atoms with Gasteiger partial charge in [-0.05, 0) is 45.0 Å². The molecule has 2 aromatic heterocycles. The van der Waals surface area contributed by atoms with Gasteiger partial charge in [0.1, 0.15) is 11.3 Å². The molecule has 5 heteroatoms. The first-order chi connectivity index (χ1) is 9.74. The number of amides is 1. The Balaban J connectivity index is 1.61. The second-order valence-corrected chi connectivity index (χ2v) is 5.39. The summed E-state index contributed by atoms with van der Waals surface area (Å²) in [6, 6.07) is 6.12. The molecule has 1 aliphatic rings. The normalized spacial score (nSPS) is 17.4. The minimum absolute atomic E-state index is 0.0975. The topological polar surface area (TPSA) is 49.6 Å². The number of rotatable bonds is 4. The van der Waals surface area contributed by atoms with Crippen LogP contribution in [0.5, 0.6) is 0 Å². The summed E-state index contributed by atoms with van der Waals surface area (Å²) >= 11 is 0. The van der Waals surface area contributed by atoms with E-state index in [1.165, 1.54) is 12.8 Å². The molecule has 0 spiro atoms. The molecule has 0 saturated carbocycles. The molecule has 1 N–H and O–H groups in total. The fraction of sp³-hybridized carbons (Fsp3) is 0.467. The van der Waals surface area contributed by atoms with Crippen molar-refractivity contribution in [2.24, 2.45) is 0 Å². The molecular formula is C15H20N4O. The summed E-state index contributed by atoms with van der Waals surface area (Å²) < 4.78 is 1.86. The van der Waals surface area contributed by atoms with Crippen molar-refractivity contribution in [3.63, 3.8) is 0 Å². The van der Waals surface area contributed by atoms with Crippen LogP contribution in [-0.4, -0.2) is 45.9 Å². The predicted molar refractivity (Wildman–Crippen MR) is 77.8 cm³/mol. The molecule has 1 atom stereocenters. The van der Waals surface area contributed by atoms with Crippen molar-refractivity contribution in [1.82, 2.24) is 19.6 Å². The molecule has 2 aromatic rings. The lowest BCUT2D eigenvalue weighted by atomic mass is 10.3. The first-order valence-corrected chi connectivity index (χ1v) is 7.20. The number of nitrogens with one attached hydrogen (secondary N) is 1. The largest absolute Gasteiger partial charge is 0.349 e. The fourth-order valence-corrected chi connectivity index (χ4v) is 2.69. The number of aromatic nitrogens is 2. The van der Waals surface area contributed by atoms with Crippen LogP contribution < -0.4 is 5.32 Å². The van der Waals surface area contributed by atoms with Gasteiger partial charge < -0.3 is 9.72 Å². The molecule has 3 heterocycles. The maximum Gasteiger partial charge on any atom is 0.271 e. The number of carbonyl (C=O) groups is 1. The number of nitrogens with zero attached hydrogens (tertiary/aromatic N) is 3. The molecule has 0 bridgehead atoms. The average molecular weight is 272 g/mol. The van der Waals surface area contributed by atoms with Crippen molar-refractivity contribution >= 4 is 11.6 Å². The van der Waals surface area contributed by atoms with Gasteiger partial charge in [-0.1, -0.05) is 6.07 Å². The Morgan fingerprint density at radius 3 is 2.95 bits per heavy atom. The van der Waals surface area contributed by atoms with Crippen LogP contribution in [0.1, 0.15) is 30.3 Å². The van der Waals surface area contributed by atoms with E-state index in [0.29, 0.717) is 18.3 Å². The van der Waals surface area contributed by atoms with E-state index in [9.17, 15) is 4.79 Å². The molecular weight excluding hydrogens is 252 g/mol. The highest BCUT2D eigenvalue weighted by Gasteiger charge is 2.19. The van der Waals surface area contributed by atoms with Gasteiger partial charge in [0.05, 0.1) is 0 Å². The molecule has 0 aliphatic carbocycles. The Labute approximate surface area is 118 Å². The summed E-state index contributed by atoms with van der Waals surface area (Å²) in [7, 11) is 0. The Kier molecular flexibility index (Phi) is 3.69. The van der Waals surface area contributed by atoms with E-state index in [1.807, 2.05) is 28.8 Å². The van der Waals surface area contributed by atoms with Crippen LogP contribution >= 0.6 is 0 Å². The summed E-state index contributed by atoms with van der Waals surface area (Å²) in [5.41, 5.74) is 1.27. The third-order valence-electron chi connectivity index (χ3n) is 3.92. The zero-order valence-corrected chi connectivity index (χ0v) is 11.7. The Morgan fingerprint density at radius 1 is 1.40 bits per heavy atom. The summed E-state index contributed by atoms with van der Waals surface area (Å²) in [6.45, 7) is 5.12. The van der Waals surface area contributed by atoms with Crippen LogP contribution in [0.3, 0.4) is 0 Å². The van der Waals surface area contributed by atoms with Crippen molar-refractivity contribution in [2.75, 3.05) is 19.6 Å². The lowest BCUT2D eigenvalue weighted by Gasteiger charge is -2.23. The third kappa shape index (κ3) is 2.67. The van der Waals surface area contributed by atoms with Gasteiger partial charge in [0.25, 0.3) is 5.91 Å². The predicted octanol–water partition coefficient (Wildman–Crippen LogP) is 1.55. The first-order valence-electron chi connectivity index (χ1n) is 7.20. The average Bonchev–Trinajstić information content (AvgIpc) is 3.12. The summed E-state index contributed by atoms with van der Waals surface area (Å²) in [5, 5.41) is 2.98. The molecule has 1 saturated heterocycles. The van der Waals surface area contributed by atoms with Gasteiger partial charge in [0.15, 0.2) is 0 Å². The van der Waals surface area contributed by atoms with E-state index in [4.69, 9.17) is 0 Å². The quantitative estimate of drug-likeness (QED) is 0.918. The lowest BCUT2D eigenvalue weighted by molar-refractivity contribution is 0.0936. The van der Waals surface area contributed by atoms with Gasteiger partial charge >= 0.3 is 0 Å². The van der Waals surface area contributed by atoms with E-state index in [2.05, 4.69) is 22.1 Å². The summed E-state index contributed by atoms with van der Waals surface area (Å²) in [4.78, 5) is 18.9. The molecule has 3 rings (SSSR count). The number of carbonyl (C=O) groups excluding carboxylic acids is 1. The Morgan fingerprint density at radius 2 is 2.20 bits per heavy atom. The highest BCUT2D eigenvalue weighted by Crippen LogP contribution is 2.11. The number of fused-ring (bicyclic) bond motifs is 1. The summed E-state index contributed by atoms with van der Waals surface area (Å²) in [6.07, 6.45) is 6.20. The van der Waals surface area contributed by atoms with Crippen LogP contribution in [0.2, 0.25) is 0 Å². The van der Waals surface area contributed by atoms with E-state index in [-0.39, 0.29) is 5.91 Å². The van der Waals surface area contributed by atoms with Gasteiger partial charge in [-0.25, -0.2) is 4.98 Å². The number of hydrogen-bond acceptors (Lipinski definition) is 3. The van der Waals surface area contributed by atoms with Gasteiger partial charge in [-0.15, -0.1) is 0 Å². The second-order valence-electron chi connectivity index (χ2n) is 5.39. The maximum atomic E-state index is 12.1. The minimum Gasteiger partial charge on any atom is -0.349 e. The number of imidazole rings is 1. The number of pyridine rings is 1. The monoisotopic (exact) mass is 272 g/mol. The van der Waals surface area contributed by atoms with Crippen molar-refractivity contribution in [3.05, 3.63) is 36.3 Å². The van der Waals surface area contributed by atoms with Crippen molar-refractivity contribution in [2.45, 2.75) is 25.8 Å². The zero-order chi connectivity index (χ0) is 13.9. The standard InChI is InChI=1S/C15H20N4O/c1-12(18-7-4-5-8-18)10-16-15(20)13-11-19-9-3-2-6-14(19)17-13/h2-3,6,9,11-12H,4-5,7-8,10H2,1H3,(H,16,20)/t12-/m0/s1. The molecule has 0 radical (unpaired) electrons. The van der Waals surface area contributed by atoms with Gasteiger partial charge in [-0.3, -0.25) is 9.69 Å². The van der Waals surface area contributed by atoms with Crippen LogP contribution in [-0.2, 0) is 0 Å². The van der Waals surface area contributed by atoms with E-state index >= 15 is 0 Å². The smallest absolute Gasteiger partial charge is 0.271 e. The molecule has 5 nitrogen and oxygen atoms in total. The van der Waals surface area contributed by atoms with Crippen LogP contribution in [0.4, 0.5) is 0 Å². The Bertz CT molecular complexity index is 568. The zero-order valence-electron chi connectivity index (χ0n) is 11.7. The molecule has 1 amide bonds. The van der Waals surface area contributed by atoms with Gasteiger partial charge in [0, 0.05) is 25.0 Å². The van der Waals surface area contributed by atoms with Gasteiger partial charge in [-0.2, -0.15) is 0 Å². The van der Waals surface area contributed by atoms with E-state index in [0.717, 1.165) is 18.7 Å². The highest BCUT2D eigenvalue weighted by atomic mass is 16.1. The molecule has 0 aromatic carbocycles. The third-order valence-corrected chi connectivity index (χ3v) is 3.92. The van der Waals surface area contributed by atoms with E-state index in [1.54, 1.807) is 6.20 Å².